The summed E-state index contributed by atoms with van der Waals surface area (Å²) in [7, 11) is 0. The molecule has 0 bridgehead atoms. The van der Waals surface area contributed by atoms with Crippen molar-refractivity contribution in [3.63, 3.8) is 0 Å². The van der Waals surface area contributed by atoms with Crippen LogP contribution in [0.2, 0.25) is 0 Å². The minimum absolute atomic E-state index is 0.282. The number of ether oxygens (including phenoxy) is 3. The van der Waals surface area contributed by atoms with E-state index in [1.807, 2.05) is 18.2 Å². The second-order valence-corrected chi connectivity index (χ2v) is 5.68. The van der Waals surface area contributed by atoms with Crippen molar-refractivity contribution in [1.29, 1.82) is 0 Å². The van der Waals surface area contributed by atoms with Gasteiger partial charge in [-0.25, -0.2) is 0 Å². The fourth-order valence-corrected chi connectivity index (χ4v) is 2.86. The van der Waals surface area contributed by atoms with Crippen molar-refractivity contribution in [1.82, 2.24) is 5.32 Å². The van der Waals surface area contributed by atoms with E-state index in [1.165, 1.54) is 12.8 Å². The Morgan fingerprint density at radius 3 is 3.00 bits per heavy atom. The van der Waals surface area contributed by atoms with Crippen molar-refractivity contribution in [3.8, 4) is 11.5 Å². The minimum atomic E-state index is -0.473. The van der Waals surface area contributed by atoms with Gasteiger partial charge in [0.15, 0.2) is 11.5 Å². The first-order chi connectivity index (χ1) is 10.3. The Balaban J connectivity index is 1.38. The fraction of sp³-hybridized carbons (Fsp3) is 0.625. The molecule has 1 unspecified atom stereocenters. The Kier molecular flexibility index (Phi) is 4.95. The Labute approximate surface area is 125 Å². The zero-order valence-corrected chi connectivity index (χ0v) is 12.2. The number of aliphatic hydroxyl groups excluding tert-OH is 1. The predicted molar refractivity (Wildman–Crippen MR) is 78.5 cm³/mol. The summed E-state index contributed by atoms with van der Waals surface area (Å²) in [4.78, 5) is 0. The molecular formula is C16H23NO4. The Morgan fingerprint density at radius 2 is 2.14 bits per heavy atom. The molecule has 0 spiro atoms. The van der Waals surface area contributed by atoms with Gasteiger partial charge in [-0.15, -0.1) is 0 Å². The van der Waals surface area contributed by atoms with Crippen molar-refractivity contribution in [2.75, 3.05) is 19.9 Å². The third-order valence-corrected chi connectivity index (χ3v) is 4.00. The summed E-state index contributed by atoms with van der Waals surface area (Å²) < 4.78 is 16.5. The highest BCUT2D eigenvalue weighted by molar-refractivity contribution is 5.48. The average Bonchev–Trinajstić information content (AvgIpc) is 3.16. The first-order valence-electron chi connectivity index (χ1n) is 7.71. The van der Waals surface area contributed by atoms with E-state index in [-0.39, 0.29) is 6.79 Å². The molecule has 3 rings (SSSR count). The number of nitrogens with one attached hydrogen (secondary N) is 1. The summed E-state index contributed by atoms with van der Waals surface area (Å²) in [5, 5.41) is 13.2. The number of hydrogen-bond acceptors (Lipinski definition) is 5. The maximum atomic E-state index is 9.94. The average molecular weight is 293 g/mol. The molecule has 116 valence electrons. The summed E-state index contributed by atoms with van der Waals surface area (Å²) in [6.07, 6.45) is 4.64. The lowest BCUT2D eigenvalue weighted by Crippen LogP contribution is -2.31. The van der Waals surface area contributed by atoms with Gasteiger partial charge in [0.2, 0.25) is 6.79 Å². The van der Waals surface area contributed by atoms with E-state index in [4.69, 9.17) is 14.2 Å². The lowest BCUT2D eigenvalue weighted by atomic mass is 10.2. The zero-order valence-electron chi connectivity index (χ0n) is 12.2. The first kappa shape index (κ1) is 14.6. The summed E-state index contributed by atoms with van der Waals surface area (Å²) in [5.41, 5.74) is 1.05. The van der Waals surface area contributed by atoms with Crippen molar-refractivity contribution < 1.29 is 19.3 Å². The van der Waals surface area contributed by atoms with E-state index < -0.39 is 6.10 Å². The van der Waals surface area contributed by atoms with Crippen molar-refractivity contribution >= 4 is 0 Å². The van der Waals surface area contributed by atoms with E-state index in [0.29, 0.717) is 25.8 Å². The SMILES string of the molecule is OC(CNCc1cccc2c1OCO2)COC1CCCC1. The van der Waals surface area contributed by atoms with Crippen LogP contribution in [0.15, 0.2) is 18.2 Å². The molecular weight excluding hydrogens is 270 g/mol. The molecule has 0 radical (unpaired) electrons. The highest BCUT2D eigenvalue weighted by Crippen LogP contribution is 2.35. The van der Waals surface area contributed by atoms with Gasteiger partial charge < -0.3 is 24.6 Å². The van der Waals surface area contributed by atoms with Gasteiger partial charge in [-0.1, -0.05) is 25.0 Å². The van der Waals surface area contributed by atoms with Gasteiger partial charge in [-0.05, 0) is 18.9 Å². The monoisotopic (exact) mass is 293 g/mol. The molecule has 1 saturated carbocycles. The van der Waals surface area contributed by atoms with Gasteiger partial charge >= 0.3 is 0 Å². The van der Waals surface area contributed by atoms with Crippen LogP contribution in [-0.2, 0) is 11.3 Å². The van der Waals surface area contributed by atoms with Gasteiger partial charge in [0.1, 0.15) is 0 Å². The molecule has 0 aromatic heterocycles. The summed E-state index contributed by atoms with van der Waals surface area (Å²) in [5.74, 6) is 1.60. The number of fused-ring (bicyclic) bond motifs is 1. The van der Waals surface area contributed by atoms with E-state index >= 15 is 0 Å². The quantitative estimate of drug-likeness (QED) is 0.803. The van der Waals surface area contributed by atoms with Crippen LogP contribution in [0, 0.1) is 0 Å². The van der Waals surface area contributed by atoms with E-state index in [9.17, 15) is 5.11 Å². The van der Waals surface area contributed by atoms with Crippen molar-refractivity contribution in [2.24, 2.45) is 0 Å². The summed E-state index contributed by atoms with van der Waals surface area (Å²) >= 11 is 0. The highest BCUT2D eigenvalue weighted by atomic mass is 16.7. The standard InChI is InChI=1S/C16H23NO4/c18-13(10-19-14-5-1-2-6-14)9-17-8-12-4-3-7-15-16(12)21-11-20-15/h3-4,7,13-14,17-18H,1-2,5-6,8-11H2. The molecule has 1 aliphatic heterocycles. The van der Waals surface area contributed by atoms with E-state index in [2.05, 4.69) is 5.32 Å². The normalized spacial score (nSPS) is 19.1. The summed E-state index contributed by atoms with van der Waals surface area (Å²) in [6.45, 7) is 1.85. The lowest BCUT2D eigenvalue weighted by molar-refractivity contribution is -0.00551. The van der Waals surface area contributed by atoms with E-state index in [1.54, 1.807) is 0 Å². The van der Waals surface area contributed by atoms with Crippen LogP contribution in [0.25, 0.3) is 0 Å². The largest absolute Gasteiger partial charge is 0.454 e. The van der Waals surface area contributed by atoms with Crippen LogP contribution in [0.3, 0.4) is 0 Å². The third-order valence-electron chi connectivity index (χ3n) is 4.00. The van der Waals surface area contributed by atoms with Crippen LogP contribution in [0.4, 0.5) is 0 Å². The molecule has 1 fully saturated rings. The molecule has 5 heteroatoms. The maximum absolute atomic E-state index is 9.94. The molecule has 0 amide bonds. The molecule has 1 atom stereocenters. The molecule has 2 aliphatic rings. The van der Waals surface area contributed by atoms with Crippen molar-refractivity contribution in [2.45, 2.75) is 44.4 Å². The Bertz CT molecular complexity index is 460. The number of hydrogen-bond donors (Lipinski definition) is 2. The fourth-order valence-electron chi connectivity index (χ4n) is 2.86. The molecule has 1 aromatic rings. The number of aliphatic hydroxyl groups is 1. The van der Waals surface area contributed by atoms with Gasteiger partial charge in [0, 0.05) is 18.7 Å². The smallest absolute Gasteiger partial charge is 0.231 e. The number of benzene rings is 1. The van der Waals surface area contributed by atoms with Gasteiger partial charge in [0.25, 0.3) is 0 Å². The second-order valence-electron chi connectivity index (χ2n) is 5.68. The molecule has 1 aromatic carbocycles. The van der Waals surface area contributed by atoms with Crippen LogP contribution < -0.4 is 14.8 Å². The van der Waals surface area contributed by atoms with Crippen LogP contribution in [0.1, 0.15) is 31.2 Å². The van der Waals surface area contributed by atoms with Crippen molar-refractivity contribution in [3.05, 3.63) is 23.8 Å². The molecule has 5 nitrogen and oxygen atoms in total. The van der Waals surface area contributed by atoms with Gasteiger partial charge in [-0.2, -0.15) is 0 Å². The van der Waals surface area contributed by atoms with Gasteiger partial charge in [-0.3, -0.25) is 0 Å². The second kappa shape index (κ2) is 7.11. The lowest BCUT2D eigenvalue weighted by Gasteiger charge is -2.16. The molecule has 1 aliphatic carbocycles. The number of rotatable bonds is 7. The molecule has 21 heavy (non-hydrogen) atoms. The highest BCUT2D eigenvalue weighted by Gasteiger charge is 2.18. The summed E-state index contributed by atoms with van der Waals surface area (Å²) in [6, 6.07) is 5.85. The number of para-hydroxylation sites is 1. The minimum Gasteiger partial charge on any atom is -0.454 e. The zero-order chi connectivity index (χ0) is 14.5. The maximum Gasteiger partial charge on any atom is 0.231 e. The molecule has 1 heterocycles. The Hall–Kier alpha value is -1.30. The molecule has 2 N–H and O–H groups in total. The topological polar surface area (TPSA) is 60.0 Å². The first-order valence-corrected chi connectivity index (χ1v) is 7.71. The van der Waals surface area contributed by atoms with Crippen LogP contribution in [-0.4, -0.2) is 37.3 Å². The van der Waals surface area contributed by atoms with Crippen LogP contribution in [0.5, 0.6) is 11.5 Å². The predicted octanol–water partition coefficient (Wildman–Crippen LogP) is 1.82. The molecule has 0 saturated heterocycles. The van der Waals surface area contributed by atoms with E-state index in [0.717, 1.165) is 29.9 Å². The third kappa shape index (κ3) is 3.87. The Morgan fingerprint density at radius 1 is 1.29 bits per heavy atom. The van der Waals surface area contributed by atoms with Gasteiger partial charge in [0.05, 0.1) is 18.8 Å². The van der Waals surface area contributed by atoms with Crippen LogP contribution >= 0.6 is 0 Å².